The van der Waals surface area contributed by atoms with Crippen molar-refractivity contribution in [1.82, 2.24) is 46.4 Å². The van der Waals surface area contributed by atoms with Crippen molar-refractivity contribution < 1.29 is 122 Å². The van der Waals surface area contributed by atoms with Gasteiger partial charge in [-0.25, -0.2) is 9.97 Å². The summed E-state index contributed by atoms with van der Waals surface area (Å²) in [5.41, 5.74) is 2.06. The first-order chi connectivity index (χ1) is 43.1. The van der Waals surface area contributed by atoms with E-state index in [0.29, 0.717) is 23.6 Å². The van der Waals surface area contributed by atoms with Crippen LogP contribution in [0.5, 0.6) is 17.2 Å². The van der Waals surface area contributed by atoms with Crippen molar-refractivity contribution in [2.24, 2.45) is 5.92 Å². The smallest absolute Gasteiger partial charge is 0.691 e. The van der Waals surface area contributed by atoms with Crippen LogP contribution in [0, 0.1) is 17.2 Å². The standard InChI is InChI=1S/C60H76N10O19S.Na/c1-4-5-6-7-8-9-22-86-41-17-15-36(16-18-41)53-62-27-38(28-63-53)35-11-13-37(14-12-35)54(78)65-42-25-39(72)29-64-58(82)51-52(77)32(2)30-70(51)60(84)50(45(75)20-21-61)68-57(81)49(46(76)23-34-10-19-44(74)47(24-34)87-90-89-88-85)67-56(80)43-26-40(73)31-69(43)59(83)48(33(3)71)66-55(42)79;/h10-19,24,27-28,32-33,39-40,42-43,45-46,48-52,71-77,85H,4-9,20,22-23,25-26,29-31H2,1-3H3,(H,64,82)(H,65,78)(H,66,79)(H,67,80)(H,68,81);/q;+1/p-1/t32-,33+,39+,40+,42+,43+,45-,46-,48+,49+,50+,51+,52+;/m1./s1. The molecule has 0 saturated carbocycles. The Kier molecular flexibility index (Phi) is 28.1. The Morgan fingerprint density at radius 2 is 1.43 bits per heavy atom. The Balaban J connectivity index is 0.0000132. The van der Waals surface area contributed by atoms with Gasteiger partial charge in [0.05, 0.1) is 55.7 Å². The number of aliphatic hydroxyl groups is 6. The number of β-amino-alcohol motifs (C(OH)–C–C–N with tert-alkyl or cyclic N) is 1. The molecule has 486 valence electrons. The van der Waals surface area contributed by atoms with E-state index in [9.17, 15) is 79.8 Å². The van der Waals surface area contributed by atoms with Crippen LogP contribution >= 0.6 is 12.3 Å². The fraction of sp³-hybridized carbons (Fsp3) is 0.500. The zero-order valence-electron chi connectivity index (χ0n) is 50.6. The number of hydrogen-bond donors (Lipinski definition) is 12. The minimum absolute atomic E-state index is 0. The van der Waals surface area contributed by atoms with Gasteiger partial charge in [0.15, 0.2) is 17.3 Å². The van der Waals surface area contributed by atoms with Gasteiger partial charge in [0.2, 0.25) is 35.4 Å². The minimum atomic E-state index is -2.16. The van der Waals surface area contributed by atoms with E-state index in [1.807, 2.05) is 24.3 Å². The number of ether oxygens (including phenoxy) is 1. The zero-order valence-corrected chi connectivity index (χ0v) is 53.4. The van der Waals surface area contributed by atoms with Crippen molar-refractivity contribution in [3.05, 3.63) is 90.3 Å². The number of nitrogens with one attached hydrogen (secondary N) is 5. The molecule has 0 bridgehead atoms. The van der Waals surface area contributed by atoms with Crippen molar-refractivity contribution in [3.63, 3.8) is 0 Å². The molecule has 0 spiro atoms. The van der Waals surface area contributed by atoms with E-state index in [4.69, 9.17) is 8.92 Å². The molecule has 13 atom stereocenters. The largest absolute Gasteiger partial charge is 1.00 e. The fourth-order valence-electron chi connectivity index (χ4n) is 10.8. The molecule has 29 nitrogen and oxygen atoms in total. The summed E-state index contributed by atoms with van der Waals surface area (Å²) < 4.78 is 15.1. The maximum atomic E-state index is 14.6. The van der Waals surface area contributed by atoms with Crippen molar-refractivity contribution >= 4 is 53.7 Å². The van der Waals surface area contributed by atoms with Gasteiger partial charge in [-0.05, 0) is 73.0 Å². The number of hydrogen-bond acceptors (Lipinski definition) is 23. The molecule has 7 amide bonds. The van der Waals surface area contributed by atoms with Crippen LogP contribution < -0.4 is 70.3 Å². The van der Waals surface area contributed by atoms with Crippen molar-refractivity contribution in [3.8, 4) is 45.8 Å². The number of aromatic nitrogens is 2. The number of aliphatic hydroxyl groups excluding tert-OH is 6. The van der Waals surface area contributed by atoms with Crippen molar-refractivity contribution in [2.45, 2.75) is 158 Å². The summed E-state index contributed by atoms with van der Waals surface area (Å²) in [6.07, 6.45) is -3.05. The van der Waals surface area contributed by atoms with E-state index in [1.54, 1.807) is 30.6 Å². The Labute approximate surface area is 550 Å². The zero-order chi connectivity index (χ0) is 65.2. The molecule has 31 heteroatoms. The molecule has 4 heterocycles. The van der Waals surface area contributed by atoms with Gasteiger partial charge in [-0.1, -0.05) is 64.2 Å². The van der Waals surface area contributed by atoms with E-state index in [2.05, 4.69) is 52.8 Å². The molecule has 3 saturated heterocycles. The molecular formula is C60H75N10NaO19S. The van der Waals surface area contributed by atoms with E-state index >= 15 is 0 Å². The number of aromatic hydroxyl groups is 1. The Morgan fingerprint density at radius 1 is 0.780 bits per heavy atom. The van der Waals surface area contributed by atoms with Gasteiger partial charge in [-0.15, -0.1) is 4.33 Å². The number of carbonyl (C=O) groups excluding carboxylic acids is 7. The summed E-state index contributed by atoms with van der Waals surface area (Å²) in [7, 11) is 0. The second-order valence-electron chi connectivity index (χ2n) is 22.5. The fourth-order valence-corrected chi connectivity index (χ4v) is 11.0. The third-order valence-corrected chi connectivity index (χ3v) is 16.1. The van der Waals surface area contributed by atoms with Crippen molar-refractivity contribution in [1.29, 1.82) is 5.26 Å². The SMILES string of the molecule is CCCCCCCCOc1ccc(-c2ncc(-c3ccc(C(=O)N[C@H]4C[C@H](O)CNC(=O)[C@@H]5[C@@H](O)[C@H](C)CN5C(=O)[C@H]([C@H](O)CC#N)NC(=O)[C@H]([C@H](O)Cc5ccc(O)c(OSOO[O-])c5)NC(=O)[C@@H]5C[C@H](O)CN5C(=O)[C@H]([C@H](C)O)NC4=O)cc3)cn2)cc1.[Na+]. The van der Waals surface area contributed by atoms with E-state index in [-0.39, 0.29) is 65.3 Å². The molecule has 0 aliphatic carbocycles. The van der Waals surface area contributed by atoms with Gasteiger partial charge < -0.3 is 86.3 Å². The number of nitriles is 1. The molecule has 3 aliphatic heterocycles. The number of fused-ring (bicyclic) bond motifs is 2. The average Bonchev–Trinajstić information content (AvgIpc) is 1.78. The number of amides is 7. The van der Waals surface area contributed by atoms with Crippen LogP contribution in [0.25, 0.3) is 22.5 Å². The molecule has 3 aromatic carbocycles. The first-order valence-corrected chi connectivity index (χ1v) is 30.1. The molecule has 91 heavy (non-hydrogen) atoms. The van der Waals surface area contributed by atoms with Gasteiger partial charge in [0, 0.05) is 73.9 Å². The maximum absolute atomic E-state index is 14.6. The molecule has 3 fully saturated rings. The summed E-state index contributed by atoms with van der Waals surface area (Å²) in [4.78, 5) is 112. The van der Waals surface area contributed by atoms with Gasteiger partial charge >= 0.3 is 29.6 Å². The Morgan fingerprint density at radius 3 is 2.10 bits per heavy atom. The normalized spacial score (nSPS) is 24.5. The molecule has 12 N–H and O–H groups in total. The summed E-state index contributed by atoms with van der Waals surface area (Å²) in [6.45, 7) is 3.75. The minimum Gasteiger partial charge on any atom is -0.691 e. The Hall–Kier alpha value is -7.09. The Bertz CT molecular complexity index is 3150. The van der Waals surface area contributed by atoms with Crippen LogP contribution in [0.4, 0.5) is 0 Å². The van der Waals surface area contributed by atoms with Crippen LogP contribution in [0.3, 0.4) is 0 Å². The van der Waals surface area contributed by atoms with Gasteiger partial charge in [-0.3, -0.25) is 38.6 Å². The van der Waals surface area contributed by atoms with Crippen LogP contribution in [-0.4, -0.2) is 196 Å². The average molecular weight is 1300 g/mol. The van der Waals surface area contributed by atoms with Gasteiger partial charge in [0.1, 0.15) is 42.0 Å². The quantitative estimate of drug-likeness (QED) is 0.0118. The second kappa shape index (κ2) is 35.1. The van der Waals surface area contributed by atoms with E-state index < -0.39 is 165 Å². The maximum Gasteiger partial charge on any atom is 1.00 e. The van der Waals surface area contributed by atoms with Crippen LogP contribution in [-0.2, 0) is 44.6 Å². The summed E-state index contributed by atoms with van der Waals surface area (Å²) in [5.74, 6) is -8.56. The van der Waals surface area contributed by atoms with Gasteiger partial charge in [0.25, 0.3) is 18.2 Å². The van der Waals surface area contributed by atoms with Crippen LogP contribution in [0.2, 0.25) is 0 Å². The van der Waals surface area contributed by atoms with Crippen LogP contribution in [0.15, 0.2) is 79.1 Å². The van der Waals surface area contributed by atoms with Crippen LogP contribution in [0.1, 0.15) is 94.5 Å². The summed E-state index contributed by atoms with van der Waals surface area (Å²) in [5, 5.41) is 114. The van der Waals surface area contributed by atoms with Gasteiger partial charge in [-0.2, -0.15) is 5.26 Å². The number of phenols is 1. The van der Waals surface area contributed by atoms with Crippen molar-refractivity contribution in [2.75, 3.05) is 26.2 Å². The predicted octanol–water partition coefficient (Wildman–Crippen LogP) is -3.71. The number of phenolic OH excluding ortho intramolecular Hbond substituents is 1. The van der Waals surface area contributed by atoms with E-state index in [0.717, 1.165) is 53.0 Å². The predicted molar refractivity (Wildman–Crippen MR) is 315 cm³/mol. The molecule has 0 unspecified atom stereocenters. The first-order valence-electron chi connectivity index (χ1n) is 29.5. The third kappa shape index (κ3) is 19.7. The molecule has 7 rings (SSSR count). The number of carbonyl (C=O) groups is 7. The molecular weight excluding hydrogens is 1220 g/mol. The number of benzene rings is 3. The molecule has 0 radical (unpaired) electrons. The second-order valence-corrected chi connectivity index (χ2v) is 22.9. The topological polar surface area (TPSA) is 437 Å². The molecule has 1 aromatic heterocycles. The molecule has 4 aromatic rings. The van der Waals surface area contributed by atoms with E-state index in [1.165, 1.54) is 50.8 Å². The first kappa shape index (κ1) is 73.0. The molecule has 3 aliphatic rings. The monoisotopic (exact) mass is 1290 g/mol. The summed E-state index contributed by atoms with van der Waals surface area (Å²) >= 11 is 0.00425. The number of rotatable bonds is 22. The summed E-state index contributed by atoms with van der Waals surface area (Å²) in [6, 6.07) is 7.22. The number of nitrogens with zero attached hydrogens (tertiary/aromatic N) is 5. The number of unbranched alkanes of at least 4 members (excludes halogenated alkanes) is 5. The third-order valence-electron chi connectivity index (χ3n) is 15.7.